The number of thioether (sulfide) groups is 1. The van der Waals surface area contributed by atoms with Crippen molar-refractivity contribution in [2.45, 2.75) is 36.2 Å². The molecule has 4 rings (SSSR count). The maximum Gasteiger partial charge on any atom is 0.261 e. The quantitative estimate of drug-likeness (QED) is 0.804. The van der Waals surface area contributed by atoms with Gasteiger partial charge in [0.05, 0.1) is 23.8 Å². The van der Waals surface area contributed by atoms with E-state index in [1.165, 1.54) is 6.07 Å². The van der Waals surface area contributed by atoms with Crippen LogP contribution in [0.25, 0.3) is 10.9 Å². The summed E-state index contributed by atoms with van der Waals surface area (Å²) < 4.78 is 50.8. The Hall–Kier alpha value is -1.74. The van der Waals surface area contributed by atoms with Crippen molar-refractivity contribution in [3.05, 3.63) is 34.1 Å². The summed E-state index contributed by atoms with van der Waals surface area (Å²) in [7, 11) is 0. The fraction of sp³-hybridized carbons (Fsp3) is 0.556. The molecule has 1 atom stereocenters. The molecule has 27 heavy (non-hydrogen) atoms. The zero-order valence-electron chi connectivity index (χ0n) is 14.5. The van der Waals surface area contributed by atoms with Gasteiger partial charge >= 0.3 is 0 Å². The van der Waals surface area contributed by atoms with Crippen molar-refractivity contribution in [2.75, 3.05) is 19.8 Å². The van der Waals surface area contributed by atoms with Crippen LogP contribution in [-0.4, -0.2) is 41.0 Å². The van der Waals surface area contributed by atoms with Gasteiger partial charge in [0.15, 0.2) is 0 Å². The van der Waals surface area contributed by atoms with E-state index in [0.29, 0.717) is 16.8 Å². The maximum atomic E-state index is 14.3. The van der Waals surface area contributed by atoms with E-state index in [-0.39, 0.29) is 29.7 Å². The van der Waals surface area contributed by atoms with E-state index < -0.39 is 23.2 Å². The minimum absolute atomic E-state index is 0.101. The van der Waals surface area contributed by atoms with Crippen molar-refractivity contribution in [2.24, 2.45) is 5.92 Å². The Bertz CT molecular complexity index is 899. The second kappa shape index (κ2) is 7.35. The number of H-pyrrole nitrogens is 1. The van der Waals surface area contributed by atoms with Crippen LogP contribution in [0.15, 0.2) is 16.9 Å². The van der Waals surface area contributed by atoms with Gasteiger partial charge in [-0.05, 0) is 12.8 Å². The number of rotatable bonds is 6. The molecule has 2 aromatic rings. The van der Waals surface area contributed by atoms with Crippen LogP contribution in [0, 0.1) is 11.7 Å². The monoisotopic (exact) mass is 400 g/mol. The summed E-state index contributed by atoms with van der Waals surface area (Å²) in [6, 6.07) is 2.47. The van der Waals surface area contributed by atoms with E-state index >= 15 is 0 Å². The summed E-state index contributed by atoms with van der Waals surface area (Å²) in [5.41, 5.74) is -0.390. The molecule has 0 amide bonds. The minimum Gasteiger partial charge on any atom is -0.493 e. The number of hydrogen-bond acceptors (Lipinski definition) is 5. The third-order valence-electron chi connectivity index (χ3n) is 4.81. The highest BCUT2D eigenvalue weighted by molar-refractivity contribution is 7.99. The second-order valence-electron chi connectivity index (χ2n) is 6.91. The van der Waals surface area contributed by atoms with Crippen LogP contribution in [0.3, 0.4) is 0 Å². The van der Waals surface area contributed by atoms with Crippen LogP contribution in [0.5, 0.6) is 5.75 Å². The standard InChI is InChI=1S/C18H19F3N2O3S/c19-13-5-11(26-8-10-7-18(10,20)21)6-14-16(13)17(24)23-15(22-14)9-27-12-1-3-25-4-2-12/h5-6,10,12H,1-4,7-9H2,(H,22,23,24). The predicted molar refractivity (Wildman–Crippen MR) is 96.0 cm³/mol. The molecule has 9 heteroatoms. The van der Waals surface area contributed by atoms with Gasteiger partial charge in [-0.3, -0.25) is 4.79 Å². The fourth-order valence-electron chi connectivity index (χ4n) is 3.09. The lowest BCUT2D eigenvalue weighted by Crippen LogP contribution is -2.18. The van der Waals surface area contributed by atoms with Gasteiger partial charge in [-0.2, -0.15) is 11.8 Å². The van der Waals surface area contributed by atoms with Gasteiger partial charge in [-0.25, -0.2) is 18.2 Å². The highest BCUT2D eigenvalue weighted by Crippen LogP contribution is 2.48. The van der Waals surface area contributed by atoms with E-state index in [1.54, 1.807) is 11.8 Å². The summed E-state index contributed by atoms with van der Waals surface area (Å²) in [4.78, 5) is 19.2. The molecule has 2 aliphatic rings. The highest BCUT2D eigenvalue weighted by atomic mass is 32.2. The van der Waals surface area contributed by atoms with E-state index in [9.17, 15) is 18.0 Å². The van der Waals surface area contributed by atoms with Gasteiger partial charge in [-0.1, -0.05) is 0 Å². The number of aromatic nitrogens is 2. The third kappa shape index (κ3) is 4.24. The predicted octanol–water partition coefficient (Wildman–Crippen LogP) is 3.51. The van der Waals surface area contributed by atoms with Crippen molar-refractivity contribution in [1.82, 2.24) is 9.97 Å². The number of halogens is 3. The first-order valence-electron chi connectivity index (χ1n) is 8.85. The molecule has 1 saturated heterocycles. The first-order valence-corrected chi connectivity index (χ1v) is 9.90. The van der Waals surface area contributed by atoms with Crippen LogP contribution in [-0.2, 0) is 10.5 Å². The molecule has 0 spiro atoms. The number of nitrogens with one attached hydrogen (secondary N) is 1. The molecule has 1 unspecified atom stereocenters. The molecule has 146 valence electrons. The molecule has 2 heterocycles. The molecule has 1 saturated carbocycles. The number of nitrogens with zero attached hydrogens (tertiary/aromatic N) is 1. The molecule has 2 fully saturated rings. The largest absolute Gasteiger partial charge is 0.493 e. The van der Waals surface area contributed by atoms with Crippen LogP contribution >= 0.6 is 11.8 Å². The number of alkyl halides is 2. The summed E-state index contributed by atoms with van der Waals surface area (Å²) >= 11 is 1.68. The van der Waals surface area contributed by atoms with Gasteiger partial charge in [0.1, 0.15) is 22.8 Å². The van der Waals surface area contributed by atoms with E-state index in [2.05, 4.69) is 9.97 Å². The molecular weight excluding hydrogens is 381 g/mol. The average molecular weight is 400 g/mol. The topological polar surface area (TPSA) is 64.2 Å². The molecule has 5 nitrogen and oxygen atoms in total. The first kappa shape index (κ1) is 18.6. The fourth-order valence-corrected chi connectivity index (χ4v) is 4.14. The summed E-state index contributed by atoms with van der Waals surface area (Å²) in [5, 5.41) is 0.283. The number of benzene rings is 1. The molecule has 0 bridgehead atoms. The lowest BCUT2D eigenvalue weighted by Gasteiger charge is -2.21. The molecular formula is C18H19F3N2O3S. The SMILES string of the molecule is O=c1[nH]c(CSC2CCOCC2)nc2cc(OCC3CC3(F)F)cc(F)c12. The van der Waals surface area contributed by atoms with Gasteiger partial charge in [0.2, 0.25) is 0 Å². The Morgan fingerprint density at radius 3 is 2.78 bits per heavy atom. The molecule has 1 N–H and O–H groups in total. The molecule has 1 aromatic carbocycles. The lowest BCUT2D eigenvalue weighted by atomic mass is 10.2. The Morgan fingerprint density at radius 2 is 2.07 bits per heavy atom. The van der Waals surface area contributed by atoms with Crippen LogP contribution < -0.4 is 10.3 Å². The molecule has 1 aliphatic carbocycles. The Kier molecular flexibility index (Phi) is 5.07. The summed E-state index contributed by atoms with van der Waals surface area (Å²) in [5.74, 6) is -3.26. The van der Waals surface area contributed by atoms with E-state index in [0.717, 1.165) is 32.1 Å². The second-order valence-corrected chi connectivity index (χ2v) is 8.20. The summed E-state index contributed by atoms with van der Waals surface area (Å²) in [6.45, 7) is 1.27. The van der Waals surface area contributed by atoms with Gasteiger partial charge in [-0.15, -0.1) is 0 Å². The van der Waals surface area contributed by atoms with Crippen molar-refractivity contribution < 1.29 is 22.6 Å². The first-order chi connectivity index (χ1) is 12.9. The Labute approximate surface area is 157 Å². The Balaban J connectivity index is 1.51. The molecule has 0 radical (unpaired) electrons. The van der Waals surface area contributed by atoms with Crippen LogP contribution in [0.1, 0.15) is 25.1 Å². The Morgan fingerprint density at radius 1 is 1.33 bits per heavy atom. The highest BCUT2D eigenvalue weighted by Gasteiger charge is 2.57. The van der Waals surface area contributed by atoms with Crippen molar-refractivity contribution >= 4 is 22.7 Å². The molecule has 1 aliphatic heterocycles. The zero-order chi connectivity index (χ0) is 19.0. The van der Waals surface area contributed by atoms with Crippen molar-refractivity contribution in [3.8, 4) is 5.75 Å². The minimum atomic E-state index is -2.70. The van der Waals surface area contributed by atoms with Crippen molar-refractivity contribution in [3.63, 3.8) is 0 Å². The number of hydrogen-bond donors (Lipinski definition) is 1. The normalized spacial score (nSPS) is 22.1. The van der Waals surface area contributed by atoms with E-state index in [4.69, 9.17) is 9.47 Å². The lowest BCUT2D eigenvalue weighted by molar-refractivity contribution is 0.0856. The number of aromatic amines is 1. The average Bonchev–Trinajstić information content (AvgIpc) is 3.25. The van der Waals surface area contributed by atoms with E-state index in [1.807, 2.05) is 0 Å². The third-order valence-corrected chi connectivity index (χ3v) is 6.20. The zero-order valence-corrected chi connectivity index (χ0v) is 15.3. The van der Waals surface area contributed by atoms with Crippen LogP contribution in [0.4, 0.5) is 13.2 Å². The van der Waals surface area contributed by atoms with Gasteiger partial charge in [0.25, 0.3) is 11.5 Å². The molecule has 1 aromatic heterocycles. The van der Waals surface area contributed by atoms with Crippen LogP contribution in [0.2, 0.25) is 0 Å². The van der Waals surface area contributed by atoms with Crippen molar-refractivity contribution in [1.29, 1.82) is 0 Å². The van der Waals surface area contributed by atoms with Gasteiger partial charge in [0, 0.05) is 37.0 Å². The number of ether oxygens (including phenoxy) is 2. The maximum absolute atomic E-state index is 14.3. The summed E-state index contributed by atoms with van der Waals surface area (Å²) in [6.07, 6.45) is 1.68. The number of fused-ring (bicyclic) bond motifs is 1. The van der Waals surface area contributed by atoms with Gasteiger partial charge < -0.3 is 14.5 Å². The smallest absolute Gasteiger partial charge is 0.261 e.